The summed E-state index contributed by atoms with van der Waals surface area (Å²) in [6, 6.07) is 5.55. The highest BCUT2D eigenvalue weighted by molar-refractivity contribution is 7.89. The highest BCUT2D eigenvalue weighted by atomic mass is 32.2. The summed E-state index contributed by atoms with van der Waals surface area (Å²) >= 11 is 1.32. The van der Waals surface area contributed by atoms with Gasteiger partial charge in [-0.25, -0.2) is 18.4 Å². The maximum Gasteiger partial charge on any atom is 0.321 e. The molecule has 0 fully saturated rings. The molecule has 1 heterocycles. The smallest absolute Gasteiger partial charge is 0.321 e. The molecule has 0 saturated carbocycles. The Morgan fingerprint density at radius 2 is 1.91 bits per heavy atom. The van der Waals surface area contributed by atoms with Crippen LogP contribution in [0.1, 0.15) is 30.3 Å². The van der Waals surface area contributed by atoms with Crippen molar-refractivity contribution in [1.29, 1.82) is 0 Å². The zero-order valence-electron chi connectivity index (χ0n) is 12.6. The minimum absolute atomic E-state index is 0.0285. The number of anilines is 1. The molecular weight excluding hydrogens is 338 g/mol. The normalized spacial score (nSPS) is 11.5. The van der Waals surface area contributed by atoms with Crippen LogP contribution >= 0.6 is 11.3 Å². The van der Waals surface area contributed by atoms with Gasteiger partial charge in [0.15, 0.2) is 0 Å². The molecule has 0 aliphatic carbocycles. The number of sulfonamides is 1. The zero-order chi connectivity index (χ0) is 17.0. The standard InChI is InChI=1S/C13H17N5O3S2/c1-8(2)11-17-18-13(22-11)16-12(19)15-7-9-3-5-10(6-4-9)23(14,20)21/h3-6,8H,7H2,1-2H3,(H2,14,20,21)(H2,15,16,18,19). The van der Waals surface area contributed by atoms with Crippen LogP contribution in [0.5, 0.6) is 0 Å². The summed E-state index contributed by atoms with van der Waals surface area (Å²) in [5.41, 5.74) is 0.743. The fourth-order valence-electron chi connectivity index (χ4n) is 1.64. The maximum absolute atomic E-state index is 11.8. The first-order chi connectivity index (χ1) is 10.8. The first-order valence-electron chi connectivity index (χ1n) is 6.75. The lowest BCUT2D eigenvalue weighted by Crippen LogP contribution is -2.28. The number of hydrogen-bond acceptors (Lipinski definition) is 6. The van der Waals surface area contributed by atoms with Gasteiger partial charge in [-0.15, -0.1) is 10.2 Å². The van der Waals surface area contributed by atoms with E-state index >= 15 is 0 Å². The quantitative estimate of drug-likeness (QED) is 0.751. The van der Waals surface area contributed by atoms with E-state index in [2.05, 4.69) is 20.8 Å². The number of hydrogen-bond donors (Lipinski definition) is 3. The summed E-state index contributed by atoms with van der Waals surface area (Å²) in [4.78, 5) is 11.8. The first-order valence-corrected chi connectivity index (χ1v) is 9.12. The largest absolute Gasteiger partial charge is 0.334 e. The molecule has 1 aromatic carbocycles. The molecule has 0 bridgehead atoms. The Hall–Kier alpha value is -2.04. The number of amides is 2. The van der Waals surface area contributed by atoms with Crippen molar-refractivity contribution in [2.24, 2.45) is 5.14 Å². The van der Waals surface area contributed by atoms with E-state index in [1.807, 2.05) is 13.8 Å². The number of benzene rings is 1. The number of carbonyl (C=O) groups excluding carboxylic acids is 1. The number of carbonyl (C=O) groups is 1. The molecule has 8 nitrogen and oxygen atoms in total. The van der Waals surface area contributed by atoms with Crippen LogP contribution in [-0.4, -0.2) is 24.6 Å². The Morgan fingerprint density at radius 1 is 1.26 bits per heavy atom. The lowest BCUT2D eigenvalue weighted by Gasteiger charge is -2.06. The molecule has 2 amide bonds. The van der Waals surface area contributed by atoms with Crippen LogP contribution in [0.3, 0.4) is 0 Å². The number of aromatic nitrogens is 2. The molecule has 10 heteroatoms. The van der Waals surface area contributed by atoms with E-state index < -0.39 is 16.1 Å². The van der Waals surface area contributed by atoms with Crippen LogP contribution in [0.2, 0.25) is 0 Å². The van der Waals surface area contributed by atoms with Gasteiger partial charge >= 0.3 is 6.03 Å². The molecule has 2 aromatic rings. The first kappa shape index (κ1) is 17.3. The predicted octanol–water partition coefficient (Wildman–Crippen LogP) is 1.63. The van der Waals surface area contributed by atoms with Gasteiger partial charge in [-0.2, -0.15) is 0 Å². The highest BCUT2D eigenvalue weighted by Crippen LogP contribution is 2.22. The molecule has 4 N–H and O–H groups in total. The molecule has 0 radical (unpaired) electrons. The van der Waals surface area contributed by atoms with Gasteiger partial charge in [-0.1, -0.05) is 37.3 Å². The summed E-state index contributed by atoms with van der Waals surface area (Å²) in [5, 5.41) is 19.4. The number of urea groups is 1. The molecule has 0 saturated heterocycles. The minimum atomic E-state index is -3.71. The van der Waals surface area contributed by atoms with Crippen LogP contribution in [0.25, 0.3) is 0 Å². The molecule has 1 aromatic heterocycles. The average Bonchev–Trinajstić information content (AvgIpc) is 2.93. The third-order valence-corrected chi connectivity index (χ3v) is 4.93. The summed E-state index contributed by atoms with van der Waals surface area (Å²) in [5.74, 6) is 0.253. The summed E-state index contributed by atoms with van der Waals surface area (Å²) < 4.78 is 22.3. The number of nitrogens with two attached hydrogens (primary N) is 1. The van der Waals surface area contributed by atoms with Crippen molar-refractivity contribution in [2.75, 3.05) is 5.32 Å². The minimum Gasteiger partial charge on any atom is -0.334 e. The summed E-state index contributed by atoms with van der Waals surface area (Å²) in [6.45, 7) is 4.23. The average molecular weight is 355 g/mol. The number of nitrogens with one attached hydrogen (secondary N) is 2. The molecule has 0 unspecified atom stereocenters. The van der Waals surface area contributed by atoms with Gasteiger partial charge in [0.2, 0.25) is 15.2 Å². The van der Waals surface area contributed by atoms with E-state index in [0.29, 0.717) is 5.13 Å². The van der Waals surface area contributed by atoms with Gasteiger partial charge in [0, 0.05) is 12.5 Å². The monoisotopic (exact) mass is 355 g/mol. The molecule has 2 rings (SSSR count). The number of rotatable bonds is 5. The lowest BCUT2D eigenvalue weighted by atomic mass is 10.2. The molecule has 0 aliphatic heterocycles. The van der Waals surface area contributed by atoms with Gasteiger partial charge in [-0.05, 0) is 17.7 Å². The third-order valence-electron chi connectivity index (χ3n) is 2.86. The van der Waals surface area contributed by atoms with Gasteiger partial charge in [-0.3, -0.25) is 5.32 Å². The van der Waals surface area contributed by atoms with E-state index in [1.54, 1.807) is 12.1 Å². The van der Waals surface area contributed by atoms with Crippen molar-refractivity contribution in [1.82, 2.24) is 15.5 Å². The van der Waals surface area contributed by atoms with Crippen LogP contribution in [0, 0.1) is 0 Å². The summed E-state index contributed by atoms with van der Waals surface area (Å²) in [7, 11) is -3.71. The molecule has 23 heavy (non-hydrogen) atoms. The van der Waals surface area contributed by atoms with Crippen molar-refractivity contribution >= 4 is 32.5 Å². The molecule has 0 aliphatic rings. The van der Waals surface area contributed by atoms with E-state index in [1.165, 1.54) is 23.5 Å². The van der Waals surface area contributed by atoms with E-state index in [4.69, 9.17) is 5.14 Å². The van der Waals surface area contributed by atoms with Crippen molar-refractivity contribution in [3.05, 3.63) is 34.8 Å². The molecule has 0 atom stereocenters. The SMILES string of the molecule is CC(C)c1nnc(NC(=O)NCc2ccc(S(N)(=O)=O)cc2)s1. The fraction of sp³-hybridized carbons (Fsp3) is 0.308. The second-order valence-corrected chi connectivity index (χ2v) is 7.67. The number of nitrogens with zero attached hydrogens (tertiary/aromatic N) is 2. The number of primary sulfonamides is 1. The van der Waals surface area contributed by atoms with Crippen molar-refractivity contribution in [3.63, 3.8) is 0 Å². The van der Waals surface area contributed by atoms with Crippen LogP contribution < -0.4 is 15.8 Å². The third kappa shape index (κ3) is 4.98. The van der Waals surface area contributed by atoms with E-state index in [9.17, 15) is 13.2 Å². The molecule has 0 spiro atoms. The Bertz CT molecular complexity index is 784. The Labute approximate surface area is 138 Å². The maximum atomic E-state index is 11.8. The van der Waals surface area contributed by atoms with Gasteiger partial charge in [0.1, 0.15) is 5.01 Å². The lowest BCUT2D eigenvalue weighted by molar-refractivity contribution is 0.251. The fourth-order valence-corrected chi connectivity index (χ4v) is 2.90. The molecular formula is C13H17N5O3S2. The molecule has 124 valence electrons. The predicted molar refractivity (Wildman–Crippen MR) is 87.7 cm³/mol. The topological polar surface area (TPSA) is 127 Å². The van der Waals surface area contributed by atoms with Crippen molar-refractivity contribution < 1.29 is 13.2 Å². The van der Waals surface area contributed by atoms with Gasteiger partial charge in [0.25, 0.3) is 0 Å². The second-order valence-electron chi connectivity index (χ2n) is 5.10. The summed E-state index contributed by atoms with van der Waals surface area (Å²) in [6.07, 6.45) is 0. The Balaban J connectivity index is 1.88. The second kappa shape index (κ2) is 7.02. The van der Waals surface area contributed by atoms with E-state index in [-0.39, 0.29) is 17.4 Å². The van der Waals surface area contributed by atoms with Crippen LogP contribution in [0.15, 0.2) is 29.2 Å². The van der Waals surface area contributed by atoms with Crippen molar-refractivity contribution in [3.8, 4) is 0 Å². The van der Waals surface area contributed by atoms with Crippen LogP contribution in [-0.2, 0) is 16.6 Å². The van der Waals surface area contributed by atoms with Crippen molar-refractivity contribution in [2.45, 2.75) is 31.2 Å². The Kier molecular flexibility index (Phi) is 5.29. The highest BCUT2D eigenvalue weighted by Gasteiger charge is 2.10. The van der Waals surface area contributed by atoms with Gasteiger partial charge in [0.05, 0.1) is 4.90 Å². The van der Waals surface area contributed by atoms with Gasteiger partial charge < -0.3 is 5.32 Å². The van der Waals surface area contributed by atoms with E-state index in [0.717, 1.165) is 10.6 Å². The zero-order valence-corrected chi connectivity index (χ0v) is 14.2. The Morgan fingerprint density at radius 3 is 2.43 bits per heavy atom. The van der Waals surface area contributed by atoms with Crippen LogP contribution in [0.4, 0.5) is 9.93 Å².